The summed E-state index contributed by atoms with van der Waals surface area (Å²) >= 11 is 0. The zero-order valence-corrected chi connectivity index (χ0v) is 12.1. The summed E-state index contributed by atoms with van der Waals surface area (Å²) in [6.45, 7) is 6.07. The monoisotopic (exact) mass is 264 g/mol. The second-order valence-corrected chi connectivity index (χ2v) is 5.76. The second-order valence-electron chi connectivity index (χ2n) is 5.76. The lowest BCUT2D eigenvalue weighted by Gasteiger charge is -2.21. The van der Waals surface area contributed by atoms with E-state index < -0.39 is 7.12 Å². The molecule has 1 aromatic rings. The van der Waals surface area contributed by atoms with Gasteiger partial charge >= 0.3 is 7.12 Å². The average Bonchev–Trinajstić information content (AvgIpc) is 2.25. The summed E-state index contributed by atoms with van der Waals surface area (Å²) < 4.78 is 0. The molecule has 0 bridgehead atoms. The number of nitrogens with one attached hydrogen (secondary N) is 1. The maximum atomic E-state index is 12.0. The van der Waals surface area contributed by atoms with Crippen LogP contribution in [0, 0.1) is 0 Å². The third kappa shape index (κ3) is 4.06. The summed E-state index contributed by atoms with van der Waals surface area (Å²) in [7, 11) is 1.71. The fraction of sp³-hybridized carbons (Fsp3) is 0.462. The molecule has 0 aliphatic heterocycles. The van der Waals surface area contributed by atoms with E-state index in [-0.39, 0.29) is 22.3 Å². The van der Waals surface area contributed by atoms with Crippen LogP contribution < -0.4 is 10.9 Å². The lowest BCUT2D eigenvalue weighted by atomic mass is 9.73. The van der Waals surface area contributed by atoms with Crippen molar-refractivity contribution in [3.63, 3.8) is 0 Å². The van der Waals surface area contributed by atoms with Crippen molar-refractivity contribution in [1.82, 2.24) is 10.4 Å². The average molecular weight is 264 g/mol. The van der Waals surface area contributed by atoms with Crippen LogP contribution in [-0.4, -0.2) is 42.2 Å². The van der Waals surface area contributed by atoms with Crippen LogP contribution in [0.2, 0.25) is 0 Å². The lowest BCUT2D eigenvalue weighted by molar-refractivity contribution is 0.0857. The number of carbonyl (C=O) groups is 1. The van der Waals surface area contributed by atoms with Crippen LogP contribution in [0.4, 0.5) is 0 Å². The molecule has 104 valence electrons. The number of hydrogen-bond acceptors (Lipinski definition) is 4. The number of hydrazine groups is 1. The summed E-state index contributed by atoms with van der Waals surface area (Å²) in [5, 5.41) is 20.4. The van der Waals surface area contributed by atoms with Gasteiger partial charge < -0.3 is 10.0 Å². The number of hydrogen-bond donors (Lipinski definition) is 3. The van der Waals surface area contributed by atoms with Crippen LogP contribution >= 0.6 is 0 Å². The Morgan fingerprint density at radius 3 is 2.26 bits per heavy atom. The molecule has 0 aliphatic carbocycles. The van der Waals surface area contributed by atoms with Crippen LogP contribution in [0.1, 0.15) is 36.7 Å². The Balaban J connectivity index is 3.23. The molecule has 0 fully saturated rings. The third-order valence-corrected chi connectivity index (χ3v) is 2.77. The van der Waals surface area contributed by atoms with E-state index >= 15 is 0 Å². The first-order valence-corrected chi connectivity index (χ1v) is 6.12. The molecule has 0 saturated heterocycles. The minimum atomic E-state index is -1.68. The van der Waals surface area contributed by atoms with Gasteiger partial charge in [0.2, 0.25) is 0 Å². The van der Waals surface area contributed by atoms with Crippen molar-refractivity contribution < 1.29 is 14.8 Å². The molecule has 1 rings (SSSR count). The van der Waals surface area contributed by atoms with E-state index in [1.807, 2.05) is 26.8 Å². The van der Waals surface area contributed by atoms with Crippen molar-refractivity contribution >= 4 is 18.5 Å². The molecule has 0 saturated carbocycles. The van der Waals surface area contributed by atoms with E-state index in [0.717, 1.165) is 5.56 Å². The molecule has 5 nitrogen and oxygen atoms in total. The molecule has 3 N–H and O–H groups in total. The van der Waals surface area contributed by atoms with Gasteiger partial charge in [-0.2, -0.15) is 0 Å². The largest absolute Gasteiger partial charge is 0.489 e. The van der Waals surface area contributed by atoms with Gasteiger partial charge in [0.15, 0.2) is 0 Å². The topological polar surface area (TPSA) is 72.8 Å². The van der Waals surface area contributed by atoms with Gasteiger partial charge in [-0.15, -0.1) is 0 Å². The van der Waals surface area contributed by atoms with Crippen LogP contribution in [0.5, 0.6) is 0 Å². The predicted molar refractivity (Wildman–Crippen MR) is 76.1 cm³/mol. The number of benzene rings is 1. The Bertz CT molecular complexity index is 467. The highest BCUT2D eigenvalue weighted by Gasteiger charge is 2.24. The Hall–Kier alpha value is -1.37. The summed E-state index contributed by atoms with van der Waals surface area (Å²) in [6, 6.07) is 5.11. The van der Waals surface area contributed by atoms with Gasteiger partial charge in [-0.25, -0.2) is 5.01 Å². The molecule has 0 unspecified atom stereocenters. The fourth-order valence-corrected chi connectivity index (χ4v) is 1.71. The van der Waals surface area contributed by atoms with E-state index in [2.05, 4.69) is 5.43 Å². The molecule has 0 spiro atoms. The highest BCUT2D eigenvalue weighted by atomic mass is 16.4. The van der Waals surface area contributed by atoms with Gasteiger partial charge in [0.25, 0.3) is 5.91 Å². The van der Waals surface area contributed by atoms with Gasteiger partial charge in [-0.1, -0.05) is 32.9 Å². The summed E-state index contributed by atoms with van der Waals surface area (Å²) in [5.41, 5.74) is 3.88. The van der Waals surface area contributed by atoms with Crippen molar-refractivity contribution in [2.24, 2.45) is 0 Å². The van der Waals surface area contributed by atoms with Crippen LogP contribution in [0.15, 0.2) is 18.2 Å². The molecule has 0 atom stereocenters. The Morgan fingerprint density at radius 2 is 1.84 bits per heavy atom. The molecule has 0 aliphatic rings. The molecule has 1 aromatic carbocycles. The molecule has 6 heteroatoms. The number of carbonyl (C=O) groups excluding carboxylic acids is 1. The van der Waals surface area contributed by atoms with Crippen LogP contribution in [0.25, 0.3) is 0 Å². The van der Waals surface area contributed by atoms with Gasteiger partial charge in [0.1, 0.15) is 0 Å². The van der Waals surface area contributed by atoms with E-state index in [4.69, 9.17) is 0 Å². The number of rotatable bonds is 3. The normalized spacial score (nSPS) is 11.6. The van der Waals surface area contributed by atoms with Crippen LogP contribution in [0.3, 0.4) is 0 Å². The Morgan fingerprint density at radius 1 is 1.26 bits per heavy atom. The van der Waals surface area contributed by atoms with Crippen molar-refractivity contribution in [2.75, 3.05) is 14.1 Å². The first-order chi connectivity index (χ1) is 8.62. The number of amides is 1. The van der Waals surface area contributed by atoms with Gasteiger partial charge in [-0.05, 0) is 22.5 Å². The minimum absolute atomic E-state index is 0.125. The van der Waals surface area contributed by atoms with Gasteiger partial charge in [0, 0.05) is 19.7 Å². The quantitative estimate of drug-likeness (QED) is 0.525. The standard InChI is InChI=1S/C13H21BN2O3/c1-13(2,3)9-6-7-10(11(8-9)14(18)19)12(17)15-16(4)5/h6-8,18-19H,1-5H3,(H,15,17). The fourth-order valence-electron chi connectivity index (χ4n) is 1.71. The lowest BCUT2D eigenvalue weighted by Crippen LogP contribution is -2.42. The highest BCUT2D eigenvalue weighted by Crippen LogP contribution is 2.21. The van der Waals surface area contributed by atoms with E-state index in [1.54, 1.807) is 26.2 Å². The second kappa shape index (κ2) is 5.73. The molecular weight excluding hydrogens is 243 g/mol. The molecule has 1 amide bonds. The molecular formula is C13H21BN2O3. The summed E-state index contributed by atoms with van der Waals surface area (Å²) in [5.74, 6) is -0.367. The SMILES string of the molecule is CN(C)NC(=O)c1ccc(C(C)(C)C)cc1B(O)O. The van der Waals surface area contributed by atoms with Gasteiger partial charge in [0.05, 0.1) is 0 Å². The zero-order valence-electron chi connectivity index (χ0n) is 12.1. The van der Waals surface area contributed by atoms with E-state index in [0.29, 0.717) is 0 Å². The van der Waals surface area contributed by atoms with E-state index in [1.165, 1.54) is 5.01 Å². The first kappa shape index (κ1) is 15.7. The predicted octanol–water partition coefficient (Wildman–Crippen LogP) is -0.130. The summed E-state index contributed by atoms with van der Waals surface area (Å²) in [6.07, 6.45) is 0. The van der Waals surface area contributed by atoms with Crippen LogP contribution in [-0.2, 0) is 5.41 Å². The smallest absolute Gasteiger partial charge is 0.423 e. The molecule has 0 radical (unpaired) electrons. The maximum absolute atomic E-state index is 12.0. The highest BCUT2D eigenvalue weighted by molar-refractivity contribution is 6.60. The maximum Gasteiger partial charge on any atom is 0.489 e. The Kier molecular flexibility index (Phi) is 4.73. The zero-order chi connectivity index (χ0) is 14.8. The summed E-state index contributed by atoms with van der Waals surface area (Å²) in [4.78, 5) is 12.0. The van der Waals surface area contributed by atoms with Crippen molar-refractivity contribution in [3.8, 4) is 0 Å². The first-order valence-electron chi connectivity index (χ1n) is 6.12. The Labute approximate surface area is 114 Å². The molecule has 0 aromatic heterocycles. The third-order valence-electron chi connectivity index (χ3n) is 2.77. The van der Waals surface area contributed by atoms with Crippen molar-refractivity contribution in [1.29, 1.82) is 0 Å². The molecule has 19 heavy (non-hydrogen) atoms. The van der Waals surface area contributed by atoms with E-state index in [9.17, 15) is 14.8 Å². The molecule has 0 heterocycles. The van der Waals surface area contributed by atoms with Gasteiger partial charge in [-0.3, -0.25) is 10.2 Å². The van der Waals surface area contributed by atoms with Crippen molar-refractivity contribution in [2.45, 2.75) is 26.2 Å². The minimum Gasteiger partial charge on any atom is -0.423 e. The van der Waals surface area contributed by atoms with Crippen molar-refractivity contribution in [3.05, 3.63) is 29.3 Å². The number of nitrogens with zero attached hydrogens (tertiary/aromatic N) is 1.